The molecule has 0 amide bonds. The highest BCUT2D eigenvalue weighted by molar-refractivity contribution is 5.86. The molecule has 2 heterocycles. The summed E-state index contributed by atoms with van der Waals surface area (Å²) >= 11 is 0. The van der Waals surface area contributed by atoms with Gasteiger partial charge in [0.15, 0.2) is 0 Å². The van der Waals surface area contributed by atoms with E-state index < -0.39 is 5.97 Å². The van der Waals surface area contributed by atoms with Gasteiger partial charge in [-0.25, -0.2) is 9.78 Å². The third kappa shape index (κ3) is 2.70. The molecule has 0 radical (unpaired) electrons. The summed E-state index contributed by atoms with van der Waals surface area (Å²) in [6.45, 7) is 1.53. The zero-order valence-corrected chi connectivity index (χ0v) is 8.85. The molecule has 1 saturated heterocycles. The quantitative estimate of drug-likeness (QED) is 0.805. The van der Waals surface area contributed by atoms with E-state index in [-0.39, 0.29) is 11.8 Å². The van der Waals surface area contributed by atoms with Crippen LogP contribution in [0.1, 0.15) is 23.3 Å². The Morgan fingerprint density at radius 1 is 1.69 bits per heavy atom. The first-order chi connectivity index (χ1) is 7.75. The van der Waals surface area contributed by atoms with Gasteiger partial charge in [0.25, 0.3) is 0 Å². The van der Waals surface area contributed by atoms with Gasteiger partial charge in [-0.05, 0) is 25.0 Å². The summed E-state index contributed by atoms with van der Waals surface area (Å²) in [7, 11) is 0. The van der Waals surface area contributed by atoms with Crippen molar-refractivity contribution in [3.63, 3.8) is 0 Å². The number of carboxylic acids is 1. The fourth-order valence-electron chi connectivity index (χ4n) is 1.69. The summed E-state index contributed by atoms with van der Waals surface area (Å²) in [6, 6.07) is 3.28. The van der Waals surface area contributed by atoms with Crippen molar-refractivity contribution < 1.29 is 14.6 Å². The van der Waals surface area contributed by atoms with Gasteiger partial charge >= 0.3 is 5.97 Å². The molecule has 0 spiro atoms. The van der Waals surface area contributed by atoms with Gasteiger partial charge in [0, 0.05) is 25.0 Å². The van der Waals surface area contributed by atoms with Gasteiger partial charge in [0.1, 0.15) is 5.69 Å². The van der Waals surface area contributed by atoms with Crippen LogP contribution in [0.2, 0.25) is 0 Å². The number of pyridine rings is 1. The van der Waals surface area contributed by atoms with Crippen LogP contribution in [-0.2, 0) is 4.74 Å². The summed E-state index contributed by atoms with van der Waals surface area (Å²) in [5.41, 5.74) is 0.820. The average molecular weight is 222 g/mol. The molecule has 86 valence electrons. The Bertz CT molecular complexity index is 375. The molecule has 5 heteroatoms. The summed E-state index contributed by atoms with van der Waals surface area (Å²) < 4.78 is 5.46. The Morgan fingerprint density at radius 2 is 2.56 bits per heavy atom. The molecule has 1 aliphatic rings. The Morgan fingerprint density at radius 3 is 3.25 bits per heavy atom. The molecule has 0 bridgehead atoms. The van der Waals surface area contributed by atoms with Crippen LogP contribution < -0.4 is 5.32 Å². The van der Waals surface area contributed by atoms with Gasteiger partial charge in [-0.2, -0.15) is 0 Å². The maximum Gasteiger partial charge on any atom is 0.354 e. The van der Waals surface area contributed by atoms with Crippen LogP contribution in [0.3, 0.4) is 0 Å². The normalized spacial score (nSPS) is 19.6. The van der Waals surface area contributed by atoms with E-state index in [1.807, 2.05) is 0 Å². The number of anilines is 1. The molecule has 0 aromatic carbocycles. The monoisotopic (exact) mass is 222 g/mol. The van der Waals surface area contributed by atoms with Crippen molar-refractivity contribution in [1.29, 1.82) is 0 Å². The van der Waals surface area contributed by atoms with Gasteiger partial charge < -0.3 is 15.2 Å². The van der Waals surface area contributed by atoms with E-state index in [9.17, 15) is 4.79 Å². The third-order valence-electron chi connectivity index (χ3n) is 2.54. The van der Waals surface area contributed by atoms with Gasteiger partial charge in [-0.3, -0.25) is 0 Å². The predicted octanol–water partition coefficient (Wildman–Crippen LogP) is 1.37. The van der Waals surface area contributed by atoms with E-state index in [0.717, 1.165) is 25.1 Å². The summed E-state index contributed by atoms with van der Waals surface area (Å²) in [5.74, 6) is -1.01. The first kappa shape index (κ1) is 10.9. The molecular formula is C11H14N2O3. The minimum absolute atomic E-state index is 0.0531. The Labute approximate surface area is 93.5 Å². The standard InChI is InChI=1S/C11H14N2O3/c14-11(15)10-6-8(3-4-12-10)13-7-9-2-1-5-16-9/h3-4,6,9H,1-2,5,7H2,(H,12,13)(H,14,15). The van der Waals surface area contributed by atoms with E-state index in [1.165, 1.54) is 12.3 Å². The van der Waals surface area contributed by atoms with Crippen LogP contribution in [0.4, 0.5) is 5.69 Å². The maximum absolute atomic E-state index is 10.7. The molecule has 0 aliphatic carbocycles. The van der Waals surface area contributed by atoms with E-state index in [2.05, 4.69) is 10.3 Å². The zero-order chi connectivity index (χ0) is 11.4. The third-order valence-corrected chi connectivity index (χ3v) is 2.54. The van der Waals surface area contributed by atoms with Crippen molar-refractivity contribution in [3.8, 4) is 0 Å². The zero-order valence-electron chi connectivity index (χ0n) is 8.85. The van der Waals surface area contributed by atoms with E-state index >= 15 is 0 Å². The number of nitrogens with one attached hydrogen (secondary N) is 1. The van der Waals surface area contributed by atoms with E-state index in [1.54, 1.807) is 6.07 Å². The number of ether oxygens (including phenoxy) is 1. The van der Waals surface area contributed by atoms with Crippen LogP contribution in [0.15, 0.2) is 18.3 Å². The number of rotatable bonds is 4. The van der Waals surface area contributed by atoms with Gasteiger partial charge in [-0.1, -0.05) is 0 Å². The van der Waals surface area contributed by atoms with Crippen LogP contribution in [0, 0.1) is 0 Å². The van der Waals surface area contributed by atoms with Crippen molar-refractivity contribution in [1.82, 2.24) is 4.98 Å². The summed E-state index contributed by atoms with van der Waals surface area (Å²) in [4.78, 5) is 14.4. The lowest BCUT2D eigenvalue weighted by Gasteiger charge is -2.11. The molecule has 1 aromatic heterocycles. The highest BCUT2D eigenvalue weighted by atomic mass is 16.5. The molecule has 1 unspecified atom stereocenters. The second-order valence-electron chi connectivity index (χ2n) is 3.75. The maximum atomic E-state index is 10.7. The number of nitrogens with zero attached hydrogens (tertiary/aromatic N) is 1. The van der Waals surface area contributed by atoms with Gasteiger partial charge in [0.2, 0.25) is 0 Å². The summed E-state index contributed by atoms with van der Waals surface area (Å²) in [5, 5.41) is 11.9. The SMILES string of the molecule is O=C(O)c1cc(NCC2CCCO2)ccn1. The minimum Gasteiger partial charge on any atom is -0.477 e. The van der Waals surface area contributed by atoms with Crippen LogP contribution in [0.25, 0.3) is 0 Å². The molecule has 2 rings (SSSR count). The molecule has 1 aromatic rings. The fraction of sp³-hybridized carbons (Fsp3) is 0.455. The van der Waals surface area contributed by atoms with Crippen molar-refractivity contribution in [2.24, 2.45) is 0 Å². The molecule has 1 aliphatic heterocycles. The van der Waals surface area contributed by atoms with Gasteiger partial charge in [0.05, 0.1) is 6.10 Å². The van der Waals surface area contributed by atoms with Crippen LogP contribution in [0.5, 0.6) is 0 Å². The van der Waals surface area contributed by atoms with Crippen molar-refractivity contribution >= 4 is 11.7 Å². The molecule has 1 atom stereocenters. The van der Waals surface area contributed by atoms with Crippen molar-refractivity contribution in [2.45, 2.75) is 18.9 Å². The Balaban J connectivity index is 1.93. The average Bonchev–Trinajstić information content (AvgIpc) is 2.79. The highest BCUT2D eigenvalue weighted by Gasteiger charge is 2.15. The first-order valence-electron chi connectivity index (χ1n) is 5.30. The number of aromatic nitrogens is 1. The smallest absolute Gasteiger partial charge is 0.354 e. The molecule has 5 nitrogen and oxygen atoms in total. The topological polar surface area (TPSA) is 71.5 Å². The highest BCUT2D eigenvalue weighted by Crippen LogP contribution is 2.14. The first-order valence-corrected chi connectivity index (χ1v) is 5.30. The van der Waals surface area contributed by atoms with E-state index in [0.29, 0.717) is 6.54 Å². The van der Waals surface area contributed by atoms with Crippen LogP contribution in [-0.4, -0.2) is 35.3 Å². The lowest BCUT2D eigenvalue weighted by Crippen LogP contribution is -2.18. The van der Waals surface area contributed by atoms with Crippen molar-refractivity contribution in [2.75, 3.05) is 18.5 Å². The number of carboxylic acid groups (broad SMARTS) is 1. The number of carbonyl (C=O) groups is 1. The van der Waals surface area contributed by atoms with Gasteiger partial charge in [-0.15, -0.1) is 0 Å². The Hall–Kier alpha value is -1.62. The number of hydrogen-bond donors (Lipinski definition) is 2. The minimum atomic E-state index is -1.01. The molecule has 0 saturated carbocycles. The largest absolute Gasteiger partial charge is 0.477 e. The molecule has 2 N–H and O–H groups in total. The molecule has 16 heavy (non-hydrogen) atoms. The van der Waals surface area contributed by atoms with E-state index in [4.69, 9.17) is 9.84 Å². The van der Waals surface area contributed by atoms with Crippen molar-refractivity contribution in [3.05, 3.63) is 24.0 Å². The Kier molecular flexibility index (Phi) is 3.36. The lowest BCUT2D eigenvalue weighted by molar-refractivity contribution is 0.0690. The lowest BCUT2D eigenvalue weighted by atomic mass is 10.2. The van der Waals surface area contributed by atoms with Crippen LogP contribution >= 0.6 is 0 Å². The molecule has 1 fully saturated rings. The molecular weight excluding hydrogens is 208 g/mol. The predicted molar refractivity (Wildman–Crippen MR) is 58.7 cm³/mol. The second kappa shape index (κ2) is 4.94. The second-order valence-corrected chi connectivity index (χ2v) is 3.75. The fourth-order valence-corrected chi connectivity index (χ4v) is 1.69. The summed E-state index contributed by atoms with van der Waals surface area (Å²) in [6.07, 6.45) is 3.88. The number of hydrogen-bond acceptors (Lipinski definition) is 4. The number of aromatic carboxylic acids is 1.